The van der Waals surface area contributed by atoms with Crippen LogP contribution in [0.15, 0.2) is 0 Å². The molecule has 0 aromatic heterocycles. The molecule has 1 saturated heterocycles. The topological polar surface area (TPSA) is 71.1 Å². The molecule has 0 aromatic rings. The fourth-order valence-electron chi connectivity index (χ4n) is 2.09. The first-order valence-corrected chi connectivity index (χ1v) is 9.88. The summed E-state index contributed by atoms with van der Waals surface area (Å²) in [5, 5.41) is 0. The smallest absolute Gasteiger partial charge is 0.309 e. The van der Waals surface area contributed by atoms with Gasteiger partial charge in [0.2, 0.25) is 0 Å². The van der Waals surface area contributed by atoms with Crippen LogP contribution < -0.4 is 0 Å². The van der Waals surface area contributed by atoms with Crippen LogP contribution in [0.4, 0.5) is 0 Å². The van der Waals surface area contributed by atoms with Crippen molar-refractivity contribution >= 4 is 15.2 Å². The van der Waals surface area contributed by atoms with E-state index in [1.165, 1.54) is 0 Å². The normalized spacial score (nSPS) is 35.7. The lowest BCUT2D eigenvalue weighted by Crippen LogP contribution is -2.21. The van der Waals surface area contributed by atoms with Crippen molar-refractivity contribution in [3.05, 3.63) is 0 Å². The molecule has 8 heteroatoms. The van der Waals surface area contributed by atoms with E-state index in [2.05, 4.69) is 0 Å². The van der Waals surface area contributed by atoms with Crippen molar-refractivity contribution in [1.82, 2.24) is 0 Å². The van der Waals surface area contributed by atoms with Crippen LogP contribution in [0.2, 0.25) is 0 Å². The van der Waals surface area contributed by atoms with Crippen LogP contribution >= 0.6 is 15.2 Å². The molecule has 0 aliphatic carbocycles. The van der Waals surface area contributed by atoms with Gasteiger partial charge in [0, 0.05) is 5.92 Å². The van der Waals surface area contributed by atoms with Gasteiger partial charge in [0.25, 0.3) is 0 Å². The molecule has 0 radical (unpaired) electrons. The molecule has 1 heterocycles. The van der Waals surface area contributed by atoms with Crippen LogP contribution in [0.25, 0.3) is 0 Å². The molecule has 0 spiro atoms. The third kappa shape index (κ3) is 3.49. The zero-order chi connectivity index (χ0) is 14.7. The Balaban J connectivity index is 3.00. The maximum Gasteiger partial charge on any atom is 0.360 e. The van der Waals surface area contributed by atoms with Gasteiger partial charge in [0.05, 0.1) is 25.5 Å². The molecule has 0 N–H and O–H groups in total. The summed E-state index contributed by atoms with van der Waals surface area (Å²) in [6.07, 6.45) is 0. The summed E-state index contributed by atoms with van der Waals surface area (Å²) in [4.78, 5) is 0. The van der Waals surface area contributed by atoms with Gasteiger partial charge in [-0.15, -0.1) is 0 Å². The largest absolute Gasteiger partial charge is 0.360 e. The summed E-state index contributed by atoms with van der Waals surface area (Å²) >= 11 is 0. The summed E-state index contributed by atoms with van der Waals surface area (Å²) in [5.74, 6) is -1.05. The molecule has 1 aliphatic rings. The van der Waals surface area contributed by atoms with E-state index >= 15 is 0 Å². The van der Waals surface area contributed by atoms with Crippen molar-refractivity contribution in [2.45, 2.75) is 46.1 Å². The molecule has 114 valence electrons. The van der Waals surface area contributed by atoms with Gasteiger partial charge in [-0.2, -0.15) is 0 Å². The molecule has 4 atom stereocenters. The zero-order valence-corrected chi connectivity index (χ0v) is 14.0. The Bertz CT molecular complexity index is 375. The average Bonchev–Trinajstić information content (AvgIpc) is 2.56. The molecule has 6 nitrogen and oxygen atoms in total. The Kier molecular flexibility index (Phi) is 6.25. The van der Waals surface area contributed by atoms with Gasteiger partial charge in [-0.3, -0.25) is 13.7 Å². The molecule has 1 rings (SSSR count). The lowest BCUT2D eigenvalue weighted by molar-refractivity contribution is 0.142. The van der Waals surface area contributed by atoms with Crippen molar-refractivity contribution < 1.29 is 27.2 Å². The van der Waals surface area contributed by atoms with Gasteiger partial charge in [-0.05, 0) is 20.8 Å². The highest BCUT2D eigenvalue weighted by molar-refractivity contribution is 7.58. The minimum Gasteiger partial charge on any atom is -0.309 e. The summed E-state index contributed by atoms with van der Waals surface area (Å²) < 4.78 is 46.6. The molecule has 0 amide bonds. The summed E-state index contributed by atoms with van der Waals surface area (Å²) in [6.45, 7) is 9.61. The molecule has 0 bridgehead atoms. The second kappa shape index (κ2) is 6.84. The van der Waals surface area contributed by atoms with E-state index in [0.717, 1.165) is 0 Å². The van der Waals surface area contributed by atoms with Gasteiger partial charge in [0.1, 0.15) is 0 Å². The van der Waals surface area contributed by atoms with Crippen LogP contribution in [0, 0.1) is 5.92 Å². The quantitative estimate of drug-likeness (QED) is 0.664. The SMILES string of the molecule is CCOP1(=O)OC(P(=O)(OCC)OCC)C(C)C1C. The average molecular weight is 314 g/mol. The highest BCUT2D eigenvalue weighted by atomic mass is 31.2. The first-order chi connectivity index (χ1) is 8.84. The van der Waals surface area contributed by atoms with Crippen molar-refractivity contribution in [2.24, 2.45) is 5.92 Å². The number of hydrogen-bond acceptors (Lipinski definition) is 6. The van der Waals surface area contributed by atoms with Gasteiger partial charge in [-0.1, -0.05) is 13.8 Å². The Morgan fingerprint density at radius 3 is 2.05 bits per heavy atom. The fourth-order valence-corrected chi connectivity index (χ4v) is 7.07. The third-order valence-electron chi connectivity index (χ3n) is 3.20. The number of rotatable bonds is 7. The molecule has 1 aliphatic heterocycles. The molecule has 19 heavy (non-hydrogen) atoms. The van der Waals surface area contributed by atoms with E-state index in [0.29, 0.717) is 0 Å². The minimum atomic E-state index is -3.44. The van der Waals surface area contributed by atoms with Crippen LogP contribution in [0.1, 0.15) is 34.6 Å². The molecule has 1 fully saturated rings. The lowest BCUT2D eigenvalue weighted by Gasteiger charge is -2.24. The predicted molar refractivity (Wildman–Crippen MR) is 73.6 cm³/mol. The van der Waals surface area contributed by atoms with Crippen molar-refractivity contribution in [2.75, 3.05) is 19.8 Å². The fraction of sp³-hybridized carbons (Fsp3) is 1.00. The lowest BCUT2D eigenvalue weighted by atomic mass is 10.1. The molecular formula is C11H24O6P2. The first kappa shape index (κ1) is 17.4. The Morgan fingerprint density at radius 1 is 1.11 bits per heavy atom. The zero-order valence-electron chi connectivity index (χ0n) is 12.2. The van der Waals surface area contributed by atoms with Crippen LogP contribution in [0.5, 0.6) is 0 Å². The van der Waals surface area contributed by atoms with Gasteiger partial charge >= 0.3 is 15.2 Å². The molecule has 0 aromatic carbocycles. The van der Waals surface area contributed by atoms with Gasteiger partial charge in [0.15, 0.2) is 5.85 Å². The monoisotopic (exact) mass is 314 g/mol. The summed E-state index contributed by atoms with van der Waals surface area (Å²) in [6, 6.07) is 0. The van der Waals surface area contributed by atoms with Crippen molar-refractivity contribution in [1.29, 1.82) is 0 Å². The standard InChI is InChI=1S/C11H24O6P2/c1-6-14-18(12)10(5)9(4)11(17-18)19(13,15-7-2)16-8-3/h9-11H,6-8H2,1-5H3. The summed E-state index contributed by atoms with van der Waals surface area (Å²) in [7, 11) is -6.69. The molecule has 0 saturated carbocycles. The Hall–Kier alpha value is 0.300. The maximum absolute atomic E-state index is 12.7. The summed E-state index contributed by atoms with van der Waals surface area (Å²) in [5.41, 5.74) is -0.327. The molecular weight excluding hydrogens is 290 g/mol. The second-order valence-electron chi connectivity index (χ2n) is 4.43. The van der Waals surface area contributed by atoms with E-state index in [4.69, 9.17) is 18.1 Å². The van der Waals surface area contributed by atoms with Gasteiger partial charge in [-0.25, -0.2) is 0 Å². The first-order valence-electron chi connectivity index (χ1n) is 6.66. The predicted octanol–water partition coefficient (Wildman–Crippen LogP) is 3.86. The Labute approximate surface area is 115 Å². The third-order valence-corrected chi connectivity index (χ3v) is 8.41. The van der Waals surface area contributed by atoms with Gasteiger partial charge < -0.3 is 13.6 Å². The van der Waals surface area contributed by atoms with Crippen LogP contribution in [-0.4, -0.2) is 31.3 Å². The van der Waals surface area contributed by atoms with E-state index in [1.54, 1.807) is 27.7 Å². The van der Waals surface area contributed by atoms with E-state index in [9.17, 15) is 9.13 Å². The van der Waals surface area contributed by atoms with E-state index in [-0.39, 0.29) is 31.4 Å². The van der Waals surface area contributed by atoms with Crippen molar-refractivity contribution in [3.63, 3.8) is 0 Å². The van der Waals surface area contributed by atoms with E-state index in [1.807, 2.05) is 6.92 Å². The maximum atomic E-state index is 12.7. The second-order valence-corrected chi connectivity index (χ2v) is 8.90. The molecule has 4 unspecified atom stereocenters. The van der Waals surface area contributed by atoms with Crippen LogP contribution in [0.3, 0.4) is 0 Å². The van der Waals surface area contributed by atoms with Crippen LogP contribution in [-0.2, 0) is 27.2 Å². The highest BCUT2D eigenvalue weighted by Gasteiger charge is 2.57. The van der Waals surface area contributed by atoms with E-state index < -0.39 is 21.0 Å². The van der Waals surface area contributed by atoms with Crippen molar-refractivity contribution in [3.8, 4) is 0 Å². The minimum absolute atomic E-state index is 0.221. The Morgan fingerprint density at radius 2 is 1.63 bits per heavy atom. The number of hydrogen-bond donors (Lipinski definition) is 0. The highest BCUT2D eigenvalue weighted by Crippen LogP contribution is 2.71.